The van der Waals surface area contributed by atoms with Gasteiger partial charge in [0.15, 0.2) is 0 Å². The molecule has 0 amide bonds. The number of quaternary nitrogens is 2. The predicted molar refractivity (Wildman–Crippen MR) is 79.1 cm³/mol. The van der Waals surface area contributed by atoms with E-state index in [-0.39, 0.29) is 0 Å². The Hall–Kier alpha value is -1.10. The van der Waals surface area contributed by atoms with Crippen molar-refractivity contribution >= 4 is 0 Å². The molecule has 1 aliphatic rings. The molecule has 0 atom stereocenters. The van der Waals surface area contributed by atoms with E-state index in [1.54, 1.807) is 4.90 Å². The number of rotatable bonds is 8. The summed E-state index contributed by atoms with van der Waals surface area (Å²) in [6.07, 6.45) is 1.28. The van der Waals surface area contributed by atoms with Crippen molar-refractivity contribution in [2.45, 2.75) is 19.9 Å². The van der Waals surface area contributed by atoms with Crippen LogP contribution < -0.4 is 15.0 Å². The molecule has 4 nitrogen and oxygen atoms in total. The Kier molecular flexibility index (Phi) is 6.84. The molecule has 3 N–H and O–H groups in total. The van der Waals surface area contributed by atoms with Gasteiger partial charge in [0.05, 0.1) is 32.9 Å². The van der Waals surface area contributed by atoms with Crippen molar-refractivity contribution in [2.24, 2.45) is 0 Å². The summed E-state index contributed by atoms with van der Waals surface area (Å²) in [6.45, 7) is 10.5. The molecular weight excluding hydrogens is 252 g/mol. The van der Waals surface area contributed by atoms with Crippen LogP contribution >= 0.6 is 0 Å². The molecule has 2 rings (SSSR count). The highest BCUT2D eigenvalue weighted by atomic mass is 16.5. The number of morpholine rings is 1. The van der Waals surface area contributed by atoms with Crippen LogP contribution in [0.15, 0.2) is 24.3 Å². The number of nitrogens with two attached hydrogens (primary N) is 1. The van der Waals surface area contributed by atoms with E-state index in [1.165, 1.54) is 38.2 Å². The monoisotopic (exact) mass is 280 g/mol. The Morgan fingerprint density at radius 2 is 2.15 bits per heavy atom. The van der Waals surface area contributed by atoms with Crippen molar-refractivity contribution in [3.63, 3.8) is 0 Å². The van der Waals surface area contributed by atoms with Crippen LogP contribution in [0, 0.1) is 0 Å². The average molecular weight is 280 g/mol. The summed E-state index contributed by atoms with van der Waals surface area (Å²) in [5, 5.41) is 2.39. The molecule has 112 valence electrons. The van der Waals surface area contributed by atoms with Crippen LogP contribution in [0.25, 0.3) is 0 Å². The molecule has 0 unspecified atom stereocenters. The van der Waals surface area contributed by atoms with Crippen molar-refractivity contribution in [3.8, 4) is 5.75 Å². The van der Waals surface area contributed by atoms with Crippen LogP contribution in [-0.2, 0) is 11.3 Å². The molecule has 1 aliphatic heterocycles. The molecule has 0 aromatic heterocycles. The third-order valence-corrected chi connectivity index (χ3v) is 3.73. The maximum absolute atomic E-state index is 5.52. The largest absolute Gasteiger partial charge is 0.494 e. The van der Waals surface area contributed by atoms with Gasteiger partial charge in [-0.05, 0) is 19.1 Å². The summed E-state index contributed by atoms with van der Waals surface area (Å²) >= 11 is 0. The molecule has 1 aromatic rings. The lowest BCUT2D eigenvalue weighted by Crippen LogP contribution is -3.14. The van der Waals surface area contributed by atoms with Gasteiger partial charge >= 0.3 is 0 Å². The van der Waals surface area contributed by atoms with E-state index in [1.807, 2.05) is 13.0 Å². The fourth-order valence-corrected chi connectivity index (χ4v) is 2.60. The number of ether oxygens (including phenoxy) is 2. The zero-order valence-corrected chi connectivity index (χ0v) is 12.6. The van der Waals surface area contributed by atoms with Crippen molar-refractivity contribution in [1.82, 2.24) is 0 Å². The molecule has 4 heteroatoms. The zero-order valence-electron chi connectivity index (χ0n) is 12.6. The fourth-order valence-electron chi connectivity index (χ4n) is 2.60. The van der Waals surface area contributed by atoms with Crippen molar-refractivity contribution in [1.29, 1.82) is 0 Å². The summed E-state index contributed by atoms with van der Waals surface area (Å²) in [5.74, 6) is 0.983. The van der Waals surface area contributed by atoms with Crippen LogP contribution in [0.1, 0.15) is 18.9 Å². The Balaban J connectivity index is 1.59. The molecule has 20 heavy (non-hydrogen) atoms. The first-order chi connectivity index (χ1) is 9.88. The maximum atomic E-state index is 5.52. The molecule has 1 heterocycles. The number of nitrogens with one attached hydrogen (secondary N) is 1. The quantitative estimate of drug-likeness (QED) is 0.628. The molecule has 0 saturated carbocycles. The number of hydrogen-bond acceptors (Lipinski definition) is 2. The highest BCUT2D eigenvalue weighted by Gasteiger charge is 2.12. The molecular formula is C16H28N2O2+2. The fraction of sp³-hybridized carbons (Fsp3) is 0.625. The lowest BCUT2D eigenvalue weighted by Gasteiger charge is -2.23. The van der Waals surface area contributed by atoms with E-state index < -0.39 is 0 Å². The van der Waals surface area contributed by atoms with Crippen LogP contribution in [0.2, 0.25) is 0 Å². The van der Waals surface area contributed by atoms with E-state index in [4.69, 9.17) is 9.47 Å². The van der Waals surface area contributed by atoms with Gasteiger partial charge in [-0.2, -0.15) is 0 Å². The van der Waals surface area contributed by atoms with Gasteiger partial charge in [0, 0.05) is 12.0 Å². The minimum absolute atomic E-state index is 0.732. The Labute approximate surface area is 122 Å². The summed E-state index contributed by atoms with van der Waals surface area (Å²) in [4.78, 5) is 1.70. The third-order valence-electron chi connectivity index (χ3n) is 3.73. The SMILES string of the molecule is CCOc1cccc(C[NH2+]CCC[NH+]2CCOCC2)c1. The molecule has 1 aromatic carbocycles. The summed E-state index contributed by atoms with van der Waals surface area (Å²) < 4.78 is 10.9. The van der Waals surface area contributed by atoms with Crippen molar-refractivity contribution < 1.29 is 19.7 Å². The Morgan fingerprint density at radius 3 is 2.95 bits per heavy atom. The van der Waals surface area contributed by atoms with Gasteiger partial charge < -0.3 is 19.7 Å². The van der Waals surface area contributed by atoms with Gasteiger partial charge in [-0.1, -0.05) is 12.1 Å². The zero-order chi connectivity index (χ0) is 14.0. The number of benzene rings is 1. The first-order valence-electron chi connectivity index (χ1n) is 7.83. The van der Waals surface area contributed by atoms with Gasteiger partial charge in [0.1, 0.15) is 25.4 Å². The molecule has 0 bridgehead atoms. The first kappa shape index (κ1) is 15.3. The predicted octanol–water partition coefficient (Wildman–Crippen LogP) is -0.546. The molecule has 1 fully saturated rings. The lowest BCUT2D eigenvalue weighted by molar-refractivity contribution is -0.909. The first-order valence-corrected chi connectivity index (χ1v) is 7.83. The van der Waals surface area contributed by atoms with Gasteiger partial charge in [0.2, 0.25) is 0 Å². The average Bonchev–Trinajstić information content (AvgIpc) is 2.49. The van der Waals surface area contributed by atoms with E-state index in [0.717, 1.165) is 32.1 Å². The molecule has 0 radical (unpaired) electrons. The summed E-state index contributed by atoms with van der Waals surface area (Å²) in [6, 6.07) is 8.42. The Morgan fingerprint density at radius 1 is 1.30 bits per heavy atom. The van der Waals surface area contributed by atoms with Crippen LogP contribution in [-0.4, -0.2) is 46.0 Å². The lowest BCUT2D eigenvalue weighted by atomic mass is 10.2. The van der Waals surface area contributed by atoms with Crippen LogP contribution in [0.3, 0.4) is 0 Å². The second kappa shape index (κ2) is 8.95. The van der Waals surface area contributed by atoms with E-state index in [2.05, 4.69) is 23.5 Å². The minimum atomic E-state index is 0.732. The standard InChI is InChI=1S/C16H26N2O2/c1-2-20-16-6-3-5-15(13-16)14-17-7-4-8-18-9-11-19-12-10-18/h3,5-6,13,17H,2,4,7-12,14H2,1H3/p+2. The summed E-state index contributed by atoms with van der Waals surface area (Å²) in [7, 11) is 0. The summed E-state index contributed by atoms with van der Waals surface area (Å²) in [5.41, 5.74) is 1.34. The normalized spacial score (nSPS) is 16.2. The highest BCUT2D eigenvalue weighted by Crippen LogP contribution is 2.12. The van der Waals surface area contributed by atoms with E-state index in [9.17, 15) is 0 Å². The van der Waals surface area contributed by atoms with Gasteiger partial charge in [-0.15, -0.1) is 0 Å². The maximum Gasteiger partial charge on any atom is 0.119 e. The van der Waals surface area contributed by atoms with E-state index in [0.29, 0.717) is 0 Å². The van der Waals surface area contributed by atoms with Crippen LogP contribution in [0.4, 0.5) is 0 Å². The molecule has 0 spiro atoms. The smallest absolute Gasteiger partial charge is 0.119 e. The van der Waals surface area contributed by atoms with Crippen molar-refractivity contribution in [2.75, 3.05) is 46.0 Å². The van der Waals surface area contributed by atoms with Gasteiger partial charge in [-0.3, -0.25) is 0 Å². The second-order valence-corrected chi connectivity index (χ2v) is 5.33. The van der Waals surface area contributed by atoms with Crippen LogP contribution in [0.5, 0.6) is 5.75 Å². The number of hydrogen-bond donors (Lipinski definition) is 2. The van der Waals surface area contributed by atoms with E-state index >= 15 is 0 Å². The molecule has 0 aliphatic carbocycles. The van der Waals surface area contributed by atoms with Gasteiger partial charge in [0.25, 0.3) is 0 Å². The Bertz CT molecular complexity index is 378. The second-order valence-electron chi connectivity index (χ2n) is 5.33. The topological polar surface area (TPSA) is 39.5 Å². The minimum Gasteiger partial charge on any atom is -0.494 e. The molecule has 1 saturated heterocycles. The van der Waals surface area contributed by atoms with Crippen molar-refractivity contribution in [3.05, 3.63) is 29.8 Å². The highest BCUT2D eigenvalue weighted by molar-refractivity contribution is 5.27. The third kappa shape index (κ3) is 5.49. The van der Waals surface area contributed by atoms with Gasteiger partial charge in [-0.25, -0.2) is 0 Å².